The minimum atomic E-state index is -2.62. The van der Waals surface area contributed by atoms with Crippen molar-refractivity contribution in [1.29, 1.82) is 0 Å². The molecule has 0 spiro atoms. The summed E-state index contributed by atoms with van der Waals surface area (Å²) < 4.78 is 33.2. The van der Waals surface area contributed by atoms with E-state index < -0.39 is 24.3 Å². The predicted octanol–water partition coefficient (Wildman–Crippen LogP) is 3.90. The van der Waals surface area contributed by atoms with E-state index in [0.717, 1.165) is 34.4 Å². The van der Waals surface area contributed by atoms with Gasteiger partial charge in [0.25, 0.3) is 12.3 Å². The van der Waals surface area contributed by atoms with E-state index in [9.17, 15) is 18.4 Å². The summed E-state index contributed by atoms with van der Waals surface area (Å²) in [5.74, 6) is -0.724. The van der Waals surface area contributed by atoms with Crippen molar-refractivity contribution in [2.45, 2.75) is 65.0 Å². The van der Waals surface area contributed by atoms with Crippen molar-refractivity contribution >= 4 is 34.2 Å². The van der Waals surface area contributed by atoms with Gasteiger partial charge in [-0.05, 0) is 51.0 Å². The van der Waals surface area contributed by atoms with Crippen LogP contribution in [-0.2, 0) is 17.6 Å². The molecule has 3 heterocycles. The number of carbonyl (C=O) groups excluding carboxylic acids is 2. The van der Waals surface area contributed by atoms with Crippen LogP contribution in [0.1, 0.15) is 71.1 Å². The van der Waals surface area contributed by atoms with Crippen LogP contribution in [-0.4, -0.2) is 45.7 Å². The zero-order chi connectivity index (χ0) is 22.3. The van der Waals surface area contributed by atoms with Gasteiger partial charge in [0.15, 0.2) is 0 Å². The number of esters is 1. The average molecular weight is 454 g/mol. The van der Waals surface area contributed by atoms with E-state index in [1.807, 2.05) is 0 Å². The molecule has 8 nitrogen and oxygen atoms in total. The molecule has 168 valence electrons. The van der Waals surface area contributed by atoms with Gasteiger partial charge in [0.05, 0.1) is 12.2 Å². The second-order valence-electron chi connectivity index (χ2n) is 8.12. The lowest BCUT2D eigenvalue weighted by Crippen LogP contribution is -2.33. The molecule has 1 aliphatic carbocycles. The van der Waals surface area contributed by atoms with Crippen LogP contribution in [0.2, 0.25) is 0 Å². The van der Waals surface area contributed by atoms with E-state index in [-0.39, 0.29) is 30.8 Å². The Labute approximate surface area is 182 Å². The number of rotatable bonds is 5. The van der Waals surface area contributed by atoms with Crippen LogP contribution in [0.25, 0.3) is 0 Å². The number of thiophene rings is 1. The Kier molecular flexibility index (Phi) is 5.96. The summed E-state index contributed by atoms with van der Waals surface area (Å²) in [5.41, 5.74) is 1.30. The van der Waals surface area contributed by atoms with E-state index in [2.05, 4.69) is 27.6 Å². The molecule has 2 aliphatic rings. The van der Waals surface area contributed by atoms with Gasteiger partial charge in [-0.15, -0.1) is 16.4 Å². The second-order valence-corrected chi connectivity index (χ2v) is 9.22. The third kappa shape index (κ3) is 4.15. The summed E-state index contributed by atoms with van der Waals surface area (Å²) in [6.07, 6.45) is 0.0842. The van der Waals surface area contributed by atoms with Gasteiger partial charge in [0.2, 0.25) is 11.8 Å². The molecule has 0 aromatic carbocycles. The largest absolute Gasteiger partial charge is 0.462 e. The van der Waals surface area contributed by atoms with Gasteiger partial charge in [0, 0.05) is 10.9 Å². The number of nitrogens with zero attached hydrogens (tertiary/aromatic N) is 3. The summed E-state index contributed by atoms with van der Waals surface area (Å²) in [4.78, 5) is 30.7. The first-order valence-corrected chi connectivity index (χ1v) is 11.2. The van der Waals surface area contributed by atoms with Crippen molar-refractivity contribution in [3.63, 3.8) is 0 Å². The fourth-order valence-corrected chi connectivity index (χ4v) is 5.51. The van der Waals surface area contributed by atoms with Crippen molar-refractivity contribution < 1.29 is 23.1 Å². The van der Waals surface area contributed by atoms with Crippen LogP contribution in [0.4, 0.5) is 19.7 Å². The highest BCUT2D eigenvalue weighted by molar-refractivity contribution is 7.17. The maximum Gasteiger partial charge on any atom is 0.341 e. The number of nitrogens with one attached hydrogen (secondary N) is 2. The molecule has 0 bridgehead atoms. The van der Waals surface area contributed by atoms with E-state index >= 15 is 0 Å². The third-order valence-electron chi connectivity index (χ3n) is 5.63. The van der Waals surface area contributed by atoms with Gasteiger partial charge in [-0.2, -0.15) is 4.98 Å². The number of ether oxygens (including phenoxy) is 1. The summed E-state index contributed by atoms with van der Waals surface area (Å²) in [7, 11) is 0. The lowest BCUT2D eigenvalue weighted by molar-refractivity contribution is 0.0526. The fourth-order valence-electron chi connectivity index (χ4n) is 4.12. The van der Waals surface area contributed by atoms with E-state index in [1.165, 1.54) is 11.3 Å². The second kappa shape index (κ2) is 8.52. The molecule has 31 heavy (non-hydrogen) atoms. The number of amides is 1. The molecule has 11 heteroatoms. The molecule has 0 unspecified atom stereocenters. The molecule has 1 amide bonds. The Hall–Kier alpha value is -2.56. The first-order chi connectivity index (χ1) is 14.8. The quantitative estimate of drug-likeness (QED) is 0.667. The average Bonchev–Trinajstić information content (AvgIpc) is 3.27. The molecule has 1 aliphatic heterocycles. The Bertz CT molecular complexity index is 1010. The number of anilines is 2. The Morgan fingerprint density at radius 2 is 2.16 bits per heavy atom. The highest BCUT2D eigenvalue weighted by Crippen LogP contribution is 2.40. The molecule has 2 aromatic heterocycles. The van der Waals surface area contributed by atoms with Gasteiger partial charge in [-0.25, -0.2) is 18.3 Å². The van der Waals surface area contributed by atoms with Gasteiger partial charge in [-0.1, -0.05) is 6.92 Å². The number of hydrogen-bond acceptors (Lipinski definition) is 7. The van der Waals surface area contributed by atoms with Crippen molar-refractivity contribution in [3.8, 4) is 0 Å². The topological polar surface area (TPSA) is 98.1 Å². The molecule has 2 N–H and O–H groups in total. The molecule has 0 saturated heterocycles. The highest BCUT2D eigenvalue weighted by Gasteiger charge is 2.35. The minimum absolute atomic E-state index is 0.138. The fraction of sp³-hybridized carbons (Fsp3) is 0.600. The van der Waals surface area contributed by atoms with Crippen molar-refractivity contribution in [1.82, 2.24) is 14.8 Å². The number of fused-ring (bicyclic) bond motifs is 2. The molecule has 0 saturated carbocycles. The first kappa shape index (κ1) is 21.7. The molecular formula is C20H25F2N5O3S. The molecule has 0 fully saturated rings. The number of alkyl halides is 2. The monoisotopic (exact) mass is 453 g/mol. The molecular weight excluding hydrogens is 428 g/mol. The maximum atomic E-state index is 13.4. The van der Waals surface area contributed by atoms with Gasteiger partial charge in [-0.3, -0.25) is 4.79 Å². The molecule has 2 aromatic rings. The highest BCUT2D eigenvalue weighted by atomic mass is 32.1. The maximum absolute atomic E-state index is 13.4. The minimum Gasteiger partial charge on any atom is -0.462 e. The van der Waals surface area contributed by atoms with Crippen molar-refractivity contribution in [2.75, 3.05) is 17.2 Å². The number of aromatic nitrogens is 3. The Morgan fingerprint density at radius 1 is 1.39 bits per heavy atom. The normalized spacial score (nSPS) is 22.5. The van der Waals surface area contributed by atoms with Gasteiger partial charge >= 0.3 is 5.97 Å². The van der Waals surface area contributed by atoms with E-state index in [4.69, 9.17) is 4.74 Å². The standard InChI is InChI=1S/C20H25F2N5O3S/c1-4-30-19(29)14-11-6-5-9(2)7-13(11)31-18(14)25-17(28)16-24-20-23-10(3)8-12(15(21)22)27(20)26-16/h9-10,12,15H,4-8H2,1-3H3,(H,25,28)(H,23,24,26)/t9-,10+,12-/m0/s1. The Morgan fingerprint density at radius 3 is 2.87 bits per heavy atom. The SMILES string of the molecule is CCOC(=O)c1c(NC(=O)c2nc3n(n2)[C@H](C(F)F)C[C@@H](C)N3)sc2c1CC[C@H](C)C2. The van der Waals surface area contributed by atoms with Crippen LogP contribution < -0.4 is 10.6 Å². The summed E-state index contributed by atoms with van der Waals surface area (Å²) in [6, 6.07) is -1.36. The van der Waals surface area contributed by atoms with Crippen molar-refractivity contribution in [3.05, 3.63) is 21.8 Å². The van der Waals surface area contributed by atoms with Crippen LogP contribution in [0.15, 0.2) is 0 Å². The van der Waals surface area contributed by atoms with Gasteiger partial charge in [0.1, 0.15) is 11.0 Å². The van der Waals surface area contributed by atoms with Crippen LogP contribution in [0.5, 0.6) is 0 Å². The number of hydrogen-bond donors (Lipinski definition) is 2. The predicted molar refractivity (Wildman–Crippen MR) is 112 cm³/mol. The van der Waals surface area contributed by atoms with E-state index in [1.54, 1.807) is 13.8 Å². The van der Waals surface area contributed by atoms with Crippen molar-refractivity contribution in [2.24, 2.45) is 5.92 Å². The van der Waals surface area contributed by atoms with E-state index in [0.29, 0.717) is 16.5 Å². The summed E-state index contributed by atoms with van der Waals surface area (Å²) in [6.45, 7) is 5.87. The number of halogens is 2. The summed E-state index contributed by atoms with van der Waals surface area (Å²) >= 11 is 1.35. The molecule has 4 rings (SSSR count). The lowest BCUT2D eigenvalue weighted by Gasteiger charge is -2.28. The molecule has 3 atom stereocenters. The molecule has 0 radical (unpaired) electrons. The van der Waals surface area contributed by atoms with Crippen LogP contribution in [0.3, 0.4) is 0 Å². The van der Waals surface area contributed by atoms with Crippen LogP contribution >= 0.6 is 11.3 Å². The van der Waals surface area contributed by atoms with Crippen LogP contribution in [0, 0.1) is 5.92 Å². The third-order valence-corrected chi connectivity index (χ3v) is 6.80. The lowest BCUT2D eigenvalue weighted by atomic mass is 9.88. The summed E-state index contributed by atoms with van der Waals surface area (Å²) in [5, 5.41) is 10.1. The first-order valence-electron chi connectivity index (χ1n) is 10.4. The van der Waals surface area contributed by atoms with Gasteiger partial charge < -0.3 is 15.4 Å². The zero-order valence-corrected chi connectivity index (χ0v) is 18.4. The Balaban J connectivity index is 1.64. The zero-order valence-electron chi connectivity index (χ0n) is 17.6. The number of carbonyl (C=O) groups is 2. The smallest absolute Gasteiger partial charge is 0.341 e.